The van der Waals surface area contributed by atoms with Crippen LogP contribution in [0.4, 0.5) is 5.69 Å². The van der Waals surface area contributed by atoms with Gasteiger partial charge in [0.2, 0.25) is 5.91 Å². The van der Waals surface area contributed by atoms with Gasteiger partial charge in [0.15, 0.2) is 0 Å². The lowest BCUT2D eigenvalue weighted by atomic mass is 9.94. The fourth-order valence-electron chi connectivity index (χ4n) is 4.44. The molecule has 31 heavy (non-hydrogen) atoms. The molecule has 0 spiro atoms. The first kappa shape index (κ1) is 19.5. The third-order valence-electron chi connectivity index (χ3n) is 5.85. The van der Waals surface area contributed by atoms with Gasteiger partial charge < -0.3 is 14.9 Å². The van der Waals surface area contributed by atoms with Gasteiger partial charge >= 0.3 is 0 Å². The smallest absolute Gasteiger partial charge is 0.238 e. The number of benzene rings is 2. The Labute approximate surface area is 181 Å². The van der Waals surface area contributed by atoms with Gasteiger partial charge in [-0.25, -0.2) is 9.97 Å². The summed E-state index contributed by atoms with van der Waals surface area (Å²) in [5.74, 6) is 1.55. The molecule has 1 fully saturated rings. The SMILES string of the molecule is O=C(CN1CCC[C@H](Cc2nc3ccccc3[nH]2)C1)Nc1ccccc1-n1ccnc1. The van der Waals surface area contributed by atoms with Crippen molar-refractivity contribution in [3.63, 3.8) is 0 Å². The first-order valence-electron chi connectivity index (χ1n) is 10.8. The predicted octanol–water partition coefficient (Wildman–Crippen LogP) is 3.64. The van der Waals surface area contributed by atoms with Gasteiger partial charge in [0.25, 0.3) is 0 Å². The Morgan fingerprint density at radius 2 is 2.03 bits per heavy atom. The van der Waals surface area contributed by atoms with E-state index in [9.17, 15) is 4.79 Å². The Balaban J connectivity index is 1.20. The number of rotatable bonds is 6. The second kappa shape index (κ2) is 8.73. The van der Waals surface area contributed by atoms with Crippen LogP contribution in [0, 0.1) is 5.92 Å². The Hall–Kier alpha value is -3.45. The van der Waals surface area contributed by atoms with Crippen molar-refractivity contribution in [2.45, 2.75) is 19.3 Å². The van der Waals surface area contributed by atoms with Gasteiger partial charge in [-0.3, -0.25) is 9.69 Å². The van der Waals surface area contributed by atoms with Crippen molar-refractivity contribution in [3.8, 4) is 5.69 Å². The van der Waals surface area contributed by atoms with Gasteiger partial charge in [0.1, 0.15) is 5.82 Å². The summed E-state index contributed by atoms with van der Waals surface area (Å²) in [4.78, 5) is 27.3. The molecule has 1 aliphatic rings. The molecule has 1 aliphatic heterocycles. The van der Waals surface area contributed by atoms with E-state index in [2.05, 4.69) is 26.3 Å². The molecule has 7 heteroatoms. The number of nitrogens with zero attached hydrogens (tertiary/aromatic N) is 4. The van der Waals surface area contributed by atoms with Crippen molar-refractivity contribution in [1.82, 2.24) is 24.4 Å². The molecule has 1 amide bonds. The van der Waals surface area contributed by atoms with Crippen molar-refractivity contribution in [1.29, 1.82) is 0 Å². The minimum absolute atomic E-state index is 0.0111. The topological polar surface area (TPSA) is 78.8 Å². The van der Waals surface area contributed by atoms with Gasteiger partial charge in [0.05, 0.1) is 35.3 Å². The average molecular weight is 415 g/mol. The standard InChI is InChI=1S/C24H26N6O/c31-24(28-21-9-3-4-10-22(21)30-13-11-25-17-30)16-29-12-5-6-18(15-29)14-23-26-19-7-1-2-8-20(19)27-23/h1-4,7-11,13,17-18H,5-6,12,14-16H2,(H,26,27)(H,28,31)/t18-/m1/s1. The first-order valence-corrected chi connectivity index (χ1v) is 10.8. The van der Waals surface area contributed by atoms with Crippen molar-refractivity contribution >= 4 is 22.6 Å². The third kappa shape index (κ3) is 4.51. The lowest BCUT2D eigenvalue weighted by molar-refractivity contribution is -0.117. The van der Waals surface area contributed by atoms with Gasteiger partial charge in [-0.1, -0.05) is 24.3 Å². The molecule has 0 radical (unpaired) electrons. The number of nitrogens with one attached hydrogen (secondary N) is 2. The molecule has 2 aromatic heterocycles. The van der Waals surface area contributed by atoms with Crippen LogP contribution in [0.15, 0.2) is 67.3 Å². The second-order valence-electron chi connectivity index (χ2n) is 8.18. The van der Waals surface area contributed by atoms with E-state index in [0.717, 1.165) is 54.2 Å². The van der Waals surface area contributed by atoms with Crippen LogP contribution in [0.1, 0.15) is 18.7 Å². The van der Waals surface area contributed by atoms with E-state index in [-0.39, 0.29) is 5.91 Å². The van der Waals surface area contributed by atoms with Crippen LogP contribution in [0.3, 0.4) is 0 Å². The van der Waals surface area contributed by atoms with Crippen molar-refractivity contribution in [3.05, 3.63) is 73.1 Å². The molecule has 0 bridgehead atoms. The quantitative estimate of drug-likeness (QED) is 0.505. The normalized spacial score (nSPS) is 17.1. The number of para-hydroxylation sites is 4. The Kier molecular flexibility index (Phi) is 5.50. The molecule has 4 aromatic rings. The second-order valence-corrected chi connectivity index (χ2v) is 8.18. The maximum absolute atomic E-state index is 12.8. The molecular formula is C24H26N6O. The molecule has 0 aliphatic carbocycles. The minimum atomic E-state index is 0.0111. The Bertz CT molecular complexity index is 1130. The van der Waals surface area contributed by atoms with Gasteiger partial charge in [0, 0.05) is 25.4 Å². The predicted molar refractivity (Wildman–Crippen MR) is 121 cm³/mol. The van der Waals surface area contributed by atoms with E-state index >= 15 is 0 Å². The van der Waals surface area contributed by atoms with Gasteiger partial charge in [-0.15, -0.1) is 0 Å². The van der Waals surface area contributed by atoms with E-state index < -0.39 is 0 Å². The number of piperidine rings is 1. The van der Waals surface area contributed by atoms with Crippen LogP contribution in [-0.2, 0) is 11.2 Å². The summed E-state index contributed by atoms with van der Waals surface area (Å²) in [5.41, 5.74) is 3.80. The van der Waals surface area contributed by atoms with Crippen LogP contribution in [0.5, 0.6) is 0 Å². The zero-order valence-corrected chi connectivity index (χ0v) is 17.4. The minimum Gasteiger partial charge on any atom is -0.342 e. The highest BCUT2D eigenvalue weighted by atomic mass is 16.2. The number of carbonyl (C=O) groups excluding carboxylic acids is 1. The molecule has 1 saturated heterocycles. The molecule has 0 unspecified atom stereocenters. The summed E-state index contributed by atoms with van der Waals surface area (Å²) in [7, 11) is 0. The van der Waals surface area contributed by atoms with E-state index in [0.29, 0.717) is 12.5 Å². The lowest BCUT2D eigenvalue weighted by Gasteiger charge is -2.31. The summed E-state index contributed by atoms with van der Waals surface area (Å²) >= 11 is 0. The summed E-state index contributed by atoms with van der Waals surface area (Å²) < 4.78 is 1.90. The highest BCUT2D eigenvalue weighted by Gasteiger charge is 2.23. The van der Waals surface area contributed by atoms with Gasteiger partial charge in [-0.05, 0) is 49.6 Å². The average Bonchev–Trinajstić information content (AvgIpc) is 3.44. The molecule has 0 saturated carbocycles. The highest BCUT2D eigenvalue weighted by Crippen LogP contribution is 2.22. The zero-order valence-electron chi connectivity index (χ0n) is 17.4. The highest BCUT2D eigenvalue weighted by molar-refractivity contribution is 5.94. The molecule has 2 N–H and O–H groups in total. The number of carbonyl (C=O) groups is 1. The number of hydrogen-bond donors (Lipinski definition) is 2. The van der Waals surface area contributed by atoms with E-state index in [1.165, 1.54) is 6.42 Å². The number of H-pyrrole nitrogens is 1. The number of aromatic amines is 1. The van der Waals surface area contributed by atoms with Crippen LogP contribution < -0.4 is 5.32 Å². The molecule has 7 nitrogen and oxygen atoms in total. The van der Waals surface area contributed by atoms with Crippen molar-refractivity contribution in [2.24, 2.45) is 5.92 Å². The fraction of sp³-hybridized carbons (Fsp3) is 0.292. The maximum atomic E-state index is 12.8. The van der Waals surface area contributed by atoms with E-state index in [1.54, 1.807) is 12.5 Å². The molecule has 1 atom stereocenters. The summed E-state index contributed by atoms with van der Waals surface area (Å²) in [6.07, 6.45) is 8.52. The van der Waals surface area contributed by atoms with E-state index in [4.69, 9.17) is 4.98 Å². The number of hydrogen-bond acceptors (Lipinski definition) is 4. The van der Waals surface area contributed by atoms with Gasteiger partial charge in [-0.2, -0.15) is 0 Å². The van der Waals surface area contributed by atoms with Crippen molar-refractivity contribution in [2.75, 3.05) is 25.0 Å². The maximum Gasteiger partial charge on any atom is 0.238 e. The summed E-state index contributed by atoms with van der Waals surface area (Å²) in [6, 6.07) is 15.9. The molecule has 5 rings (SSSR count). The molecular weight excluding hydrogens is 388 g/mol. The molecule has 2 aromatic carbocycles. The number of likely N-dealkylation sites (tertiary alicyclic amines) is 1. The third-order valence-corrected chi connectivity index (χ3v) is 5.85. The number of anilines is 1. The number of imidazole rings is 2. The van der Waals surface area contributed by atoms with Crippen LogP contribution in [0.2, 0.25) is 0 Å². The zero-order chi connectivity index (χ0) is 21.0. The van der Waals surface area contributed by atoms with Crippen LogP contribution in [-0.4, -0.2) is 50.0 Å². The number of amides is 1. The Morgan fingerprint density at radius 3 is 2.90 bits per heavy atom. The van der Waals surface area contributed by atoms with E-state index in [1.807, 2.05) is 53.2 Å². The van der Waals surface area contributed by atoms with Crippen molar-refractivity contribution < 1.29 is 4.79 Å². The molecule has 158 valence electrons. The Morgan fingerprint density at radius 1 is 1.16 bits per heavy atom. The van der Waals surface area contributed by atoms with Crippen LogP contribution >= 0.6 is 0 Å². The lowest BCUT2D eigenvalue weighted by Crippen LogP contribution is -2.41. The number of aromatic nitrogens is 4. The summed E-state index contributed by atoms with van der Waals surface area (Å²) in [5, 5.41) is 3.08. The molecule has 3 heterocycles. The number of fused-ring (bicyclic) bond motifs is 1. The first-order chi connectivity index (χ1) is 15.2. The summed E-state index contributed by atoms with van der Waals surface area (Å²) in [6.45, 7) is 2.26. The fourth-order valence-corrected chi connectivity index (χ4v) is 4.44. The monoisotopic (exact) mass is 414 g/mol. The van der Waals surface area contributed by atoms with Crippen LogP contribution in [0.25, 0.3) is 16.7 Å². The largest absolute Gasteiger partial charge is 0.342 e.